The molecule has 0 unspecified atom stereocenters. The SMILES string of the molecule is CC(C)(C)OC(=O)N1CCCN(c2nc(Cl)nc3scc(-c4ccc(Cl)cc4)c23)CC1. The van der Waals surface area contributed by atoms with Crippen molar-refractivity contribution in [2.24, 2.45) is 0 Å². The molecule has 0 saturated carbocycles. The number of carbonyl (C=O) groups excluding carboxylic acids is 1. The molecule has 0 bridgehead atoms. The standard InChI is InChI=1S/C22H24Cl2N4O2S/c1-22(2,3)30-21(29)28-10-4-9-27(11-12-28)18-17-16(14-5-7-15(23)8-6-14)13-31-19(17)26-20(24)25-18/h5-8,13H,4,9-12H2,1-3H3. The third kappa shape index (κ3) is 5.05. The van der Waals surface area contributed by atoms with Crippen LogP contribution in [0.4, 0.5) is 10.6 Å². The number of rotatable bonds is 2. The van der Waals surface area contributed by atoms with E-state index in [0.29, 0.717) is 24.7 Å². The number of hydrogen-bond acceptors (Lipinski definition) is 6. The highest BCUT2D eigenvalue weighted by molar-refractivity contribution is 7.17. The molecule has 164 valence electrons. The molecule has 0 spiro atoms. The van der Waals surface area contributed by atoms with E-state index in [1.54, 1.807) is 16.2 Å². The highest BCUT2D eigenvalue weighted by Crippen LogP contribution is 2.39. The van der Waals surface area contributed by atoms with E-state index in [2.05, 4.69) is 20.2 Å². The van der Waals surface area contributed by atoms with Crippen LogP contribution in [0.15, 0.2) is 29.6 Å². The highest BCUT2D eigenvalue weighted by atomic mass is 35.5. The average molecular weight is 479 g/mol. The molecule has 1 fully saturated rings. The van der Waals surface area contributed by atoms with Gasteiger partial charge in [-0.15, -0.1) is 11.3 Å². The summed E-state index contributed by atoms with van der Waals surface area (Å²) >= 11 is 13.9. The van der Waals surface area contributed by atoms with Gasteiger partial charge < -0.3 is 14.5 Å². The van der Waals surface area contributed by atoms with E-state index in [4.69, 9.17) is 27.9 Å². The number of amides is 1. The quantitative estimate of drug-likeness (QED) is 0.415. The molecule has 6 nitrogen and oxygen atoms in total. The van der Waals surface area contributed by atoms with Gasteiger partial charge in [-0.1, -0.05) is 23.7 Å². The number of aromatic nitrogens is 2. The predicted molar refractivity (Wildman–Crippen MR) is 128 cm³/mol. The molecule has 1 aliphatic heterocycles. The van der Waals surface area contributed by atoms with Crippen LogP contribution in [0.1, 0.15) is 27.2 Å². The molecule has 31 heavy (non-hydrogen) atoms. The summed E-state index contributed by atoms with van der Waals surface area (Å²) in [6.07, 6.45) is 0.528. The zero-order valence-electron chi connectivity index (χ0n) is 17.7. The van der Waals surface area contributed by atoms with Crippen molar-refractivity contribution in [2.45, 2.75) is 32.8 Å². The number of benzene rings is 1. The van der Waals surface area contributed by atoms with Gasteiger partial charge in [-0.3, -0.25) is 0 Å². The van der Waals surface area contributed by atoms with Gasteiger partial charge >= 0.3 is 6.09 Å². The second kappa shape index (κ2) is 8.81. The Hall–Kier alpha value is -2.09. The van der Waals surface area contributed by atoms with E-state index in [9.17, 15) is 4.79 Å². The molecular formula is C22H24Cl2N4O2S. The molecule has 1 amide bonds. The van der Waals surface area contributed by atoms with E-state index < -0.39 is 5.60 Å². The van der Waals surface area contributed by atoms with Crippen LogP contribution in [0, 0.1) is 0 Å². The van der Waals surface area contributed by atoms with E-state index >= 15 is 0 Å². The van der Waals surface area contributed by atoms with Crippen molar-refractivity contribution in [3.8, 4) is 11.1 Å². The second-order valence-corrected chi connectivity index (χ2v) is 10.1. The summed E-state index contributed by atoms with van der Waals surface area (Å²) in [5, 5.41) is 3.97. The first-order chi connectivity index (χ1) is 14.7. The minimum atomic E-state index is -0.514. The normalized spacial score (nSPS) is 15.3. The number of hydrogen-bond donors (Lipinski definition) is 0. The van der Waals surface area contributed by atoms with E-state index in [1.165, 1.54) is 0 Å². The van der Waals surface area contributed by atoms with E-state index in [0.717, 1.165) is 40.1 Å². The van der Waals surface area contributed by atoms with Crippen LogP contribution in [0.25, 0.3) is 21.3 Å². The Bertz CT molecular complexity index is 1100. The summed E-state index contributed by atoms with van der Waals surface area (Å²) in [5.74, 6) is 0.798. The van der Waals surface area contributed by atoms with Gasteiger partial charge in [0.1, 0.15) is 16.2 Å². The number of carbonyl (C=O) groups is 1. The Kier molecular flexibility index (Phi) is 6.28. The number of anilines is 1. The van der Waals surface area contributed by atoms with Crippen LogP contribution < -0.4 is 4.90 Å². The number of ether oxygens (including phenoxy) is 1. The van der Waals surface area contributed by atoms with Gasteiger partial charge in [0.15, 0.2) is 0 Å². The maximum Gasteiger partial charge on any atom is 0.410 e. The van der Waals surface area contributed by atoms with Crippen LogP contribution in [0.5, 0.6) is 0 Å². The fourth-order valence-electron chi connectivity index (χ4n) is 3.61. The summed E-state index contributed by atoms with van der Waals surface area (Å²) in [4.78, 5) is 26.4. The topological polar surface area (TPSA) is 58.6 Å². The van der Waals surface area contributed by atoms with Crippen molar-refractivity contribution >= 4 is 56.7 Å². The van der Waals surface area contributed by atoms with Gasteiger partial charge in [0, 0.05) is 42.1 Å². The Labute approximate surface area is 195 Å². The van der Waals surface area contributed by atoms with Crippen molar-refractivity contribution in [1.29, 1.82) is 0 Å². The molecular weight excluding hydrogens is 455 g/mol. The van der Waals surface area contributed by atoms with Crippen molar-refractivity contribution in [3.63, 3.8) is 0 Å². The molecule has 0 atom stereocenters. The first-order valence-corrected chi connectivity index (χ1v) is 11.8. The summed E-state index contributed by atoms with van der Waals surface area (Å²) in [5.41, 5.74) is 1.59. The maximum atomic E-state index is 12.5. The summed E-state index contributed by atoms with van der Waals surface area (Å²) in [6, 6.07) is 7.74. The molecule has 1 saturated heterocycles. The minimum Gasteiger partial charge on any atom is -0.444 e. The lowest BCUT2D eigenvalue weighted by molar-refractivity contribution is 0.0263. The Balaban J connectivity index is 1.65. The average Bonchev–Trinajstić information content (AvgIpc) is 2.95. The van der Waals surface area contributed by atoms with Crippen molar-refractivity contribution in [1.82, 2.24) is 14.9 Å². The van der Waals surface area contributed by atoms with Crippen LogP contribution >= 0.6 is 34.5 Å². The van der Waals surface area contributed by atoms with Crippen molar-refractivity contribution in [3.05, 3.63) is 40.0 Å². The summed E-state index contributed by atoms with van der Waals surface area (Å²) in [7, 11) is 0. The first-order valence-electron chi connectivity index (χ1n) is 10.1. The van der Waals surface area contributed by atoms with E-state index in [-0.39, 0.29) is 11.4 Å². The smallest absolute Gasteiger partial charge is 0.410 e. The summed E-state index contributed by atoms with van der Waals surface area (Å²) < 4.78 is 5.55. The number of fused-ring (bicyclic) bond motifs is 1. The van der Waals surface area contributed by atoms with Gasteiger partial charge in [0.25, 0.3) is 0 Å². The van der Waals surface area contributed by atoms with Crippen LogP contribution in [0.3, 0.4) is 0 Å². The van der Waals surface area contributed by atoms with Gasteiger partial charge in [-0.2, -0.15) is 4.98 Å². The fourth-order valence-corrected chi connectivity index (χ4v) is 4.89. The molecule has 0 radical (unpaired) electrons. The molecule has 2 aromatic heterocycles. The largest absolute Gasteiger partial charge is 0.444 e. The Morgan fingerprint density at radius 3 is 2.52 bits per heavy atom. The van der Waals surface area contributed by atoms with E-state index in [1.807, 2.05) is 45.0 Å². The van der Waals surface area contributed by atoms with Crippen LogP contribution in [-0.4, -0.2) is 52.7 Å². The fraction of sp³-hybridized carbons (Fsp3) is 0.409. The van der Waals surface area contributed by atoms with Crippen molar-refractivity contribution < 1.29 is 9.53 Å². The molecule has 0 aliphatic carbocycles. The minimum absolute atomic E-state index is 0.222. The molecule has 9 heteroatoms. The monoisotopic (exact) mass is 478 g/mol. The molecule has 0 N–H and O–H groups in total. The van der Waals surface area contributed by atoms with Gasteiger partial charge in [0.2, 0.25) is 5.28 Å². The second-order valence-electron chi connectivity index (χ2n) is 8.46. The zero-order valence-corrected chi connectivity index (χ0v) is 20.0. The molecule has 3 heterocycles. The Morgan fingerprint density at radius 1 is 1.06 bits per heavy atom. The highest BCUT2D eigenvalue weighted by Gasteiger charge is 2.26. The molecule has 1 aromatic carbocycles. The van der Waals surface area contributed by atoms with Crippen LogP contribution in [-0.2, 0) is 4.74 Å². The summed E-state index contributed by atoms with van der Waals surface area (Å²) in [6.45, 7) is 8.23. The third-order valence-corrected chi connectivity index (χ3v) is 6.28. The van der Waals surface area contributed by atoms with Gasteiger partial charge in [0.05, 0.1) is 5.39 Å². The Morgan fingerprint density at radius 2 is 1.81 bits per heavy atom. The molecule has 4 rings (SSSR count). The number of thiophene rings is 1. The zero-order chi connectivity index (χ0) is 22.2. The predicted octanol–water partition coefficient (Wildman–Crippen LogP) is 6.11. The van der Waals surface area contributed by atoms with Gasteiger partial charge in [-0.25, -0.2) is 9.78 Å². The maximum absolute atomic E-state index is 12.5. The number of halogens is 2. The molecule has 1 aliphatic rings. The first kappa shape index (κ1) is 22.1. The van der Waals surface area contributed by atoms with Crippen molar-refractivity contribution in [2.75, 3.05) is 31.1 Å². The lowest BCUT2D eigenvalue weighted by Crippen LogP contribution is -2.39. The van der Waals surface area contributed by atoms with Gasteiger partial charge in [-0.05, 0) is 56.5 Å². The number of nitrogens with zero attached hydrogens (tertiary/aromatic N) is 4. The van der Waals surface area contributed by atoms with Crippen LogP contribution in [0.2, 0.25) is 10.3 Å². The third-order valence-electron chi connectivity index (χ3n) is 4.99. The molecule has 3 aromatic rings. The lowest BCUT2D eigenvalue weighted by Gasteiger charge is -2.27. The lowest BCUT2D eigenvalue weighted by atomic mass is 10.1.